The number of aliphatic carboxylic acids is 1. The van der Waals surface area contributed by atoms with Crippen molar-refractivity contribution < 1.29 is 14.6 Å². The first-order valence-electron chi connectivity index (χ1n) is 5.90. The number of carboxylic acids is 1. The summed E-state index contributed by atoms with van der Waals surface area (Å²) in [6, 6.07) is 5.99. The molecule has 17 heavy (non-hydrogen) atoms. The normalized spacial score (nSPS) is 10.9. The molecule has 0 fully saturated rings. The Hall–Kier alpha value is -1.51. The average molecular weight is 236 g/mol. The van der Waals surface area contributed by atoms with Gasteiger partial charge in [-0.2, -0.15) is 0 Å². The smallest absolute Gasteiger partial charge is 0.341 e. The molecule has 94 valence electrons. The number of ether oxygens (including phenoxy) is 1. The zero-order valence-electron chi connectivity index (χ0n) is 10.9. The summed E-state index contributed by atoms with van der Waals surface area (Å²) in [5, 5.41) is 8.71. The zero-order chi connectivity index (χ0) is 13.0. The van der Waals surface area contributed by atoms with Crippen LogP contribution in [0.25, 0.3) is 0 Å². The molecule has 1 aromatic rings. The van der Waals surface area contributed by atoms with E-state index in [1.54, 1.807) is 0 Å². The molecule has 0 saturated heterocycles. The maximum atomic E-state index is 10.6. The predicted octanol–water partition coefficient (Wildman–Crippen LogP) is 3.40. The molecule has 1 aromatic carbocycles. The average Bonchev–Trinajstić information content (AvgIpc) is 2.25. The molecule has 0 saturated carbocycles. The molecule has 3 nitrogen and oxygen atoms in total. The minimum atomic E-state index is -0.946. The van der Waals surface area contributed by atoms with Gasteiger partial charge in [-0.3, -0.25) is 0 Å². The van der Waals surface area contributed by atoms with E-state index in [0.717, 1.165) is 16.9 Å². The summed E-state index contributed by atoms with van der Waals surface area (Å²) in [4.78, 5) is 10.6. The molecule has 3 heteroatoms. The highest BCUT2D eigenvalue weighted by atomic mass is 16.5. The Morgan fingerprint density at radius 3 is 2.00 bits per heavy atom. The second-order valence-electron chi connectivity index (χ2n) is 4.76. The topological polar surface area (TPSA) is 46.5 Å². The first kappa shape index (κ1) is 13.6. The first-order chi connectivity index (χ1) is 7.93. The second kappa shape index (κ2) is 5.71. The molecule has 0 heterocycles. The Labute approximate surface area is 102 Å². The van der Waals surface area contributed by atoms with E-state index in [9.17, 15) is 4.79 Å². The van der Waals surface area contributed by atoms with Crippen LogP contribution in [0.2, 0.25) is 0 Å². The van der Waals surface area contributed by atoms with E-state index in [1.807, 2.05) is 18.2 Å². The van der Waals surface area contributed by atoms with Gasteiger partial charge in [-0.15, -0.1) is 0 Å². The van der Waals surface area contributed by atoms with Gasteiger partial charge in [0.2, 0.25) is 0 Å². The van der Waals surface area contributed by atoms with Crippen molar-refractivity contribution in [1.29, 1.82) is 0 Å². The summed E-state index contributed by atoms with van der Waals surface area (Å²) >= 11 is 0. The van der Waals surface area contributed by atoms with Gasteiger partial charge in [0.1, 0.15) is 5.75 Å². The van der Waals surface area contributed by atoms with E-state index in [4.69, 9.17) is 9.84 Å². The van der Waals surface area contributed by atoms with Crippen molar-refractivity contribution in [2.45, 2.75) is 39.5 Å². The van der Waals surface area contributed by atoms with Crippen molar-refractivity contribution in [3.8, 4) is 5.75 Å². The molecule has 0 radical (unpaired) electrons. The van der Waals surface area contributed by atoms with Gasteiger partial charge in [0.25, 0.3) is 0 Å². The molecule has 0 aliphatic rings. The van der Waals surface area contributed by atoms with Crippen LogP contribution in [0.1, 0.15) is 50.7 Å². The molecule has 0 bridgehead atoms. The number of carbonyl (C=O) groups is 1. The van der Waals surface area contributed by atoms with Crippen LogP contribution in [0.4, 0.5) is 0 Å². The van der Waals surface area contributed by atoms with Crippen LogP contribution in [0.3, 0.4) is 0 Å². The van der Waals surface area contributed by atoms with Gasteiger partial charge >= 0.3 is 5.97 Å². The standard InChI is InChI=1S/C14H20O3/c1-9(2)11-6-5-7-12(10(3)4)14(11)17-8-13(15)16/h5-7,9-10H,8H2,1-4H3,(H,15,16). The summed E-state index contributed by atoms with van der Waals surface area (Å²) < 4.78 is 5.45. The molecule has 1 N–H and O–H groups in total. The van der Waals surface area contributed by atoms with Crippen molar-refractivity contribution in [3.05, 3.63) is 29.3 Å². The molecule has 0 unspecified atom stereocenters. The van der Waals surface area contributed by atoms with Gasteiger partial charge in [0.05, 0.1) is 0 Å². The highest BCUT2D eigenvalue weighted by Crippen LogP contribution is 2.34. The number of para-hydroxylation sites is 1. The van der Waals surface area contributed by atoms with E-state index in [2.05, 4.69) is 27.7 Å². The fraction of sp³-hybridized carbons (Fsp3) is 0.500. The summed E-state index contributed by atoms with van der Waals surface area (Å²) in [5.41, 5.74) is 2.13. The third-order valence-corrected chi connectivity index (χ3v) is 2.66. The molecular formula is C14H20O3. The molecule has 0 amide bonds. The number of benzene rings is 1. The van der Waals surface area contributed by atoms with Crippen molar-refractivity contribution >= 4 is 5.97 Å². The van der Waals surface area contributed by atoms with Crippen molar-refractivity contribution in [1.82, 2.24) is 0 Å². The Morgan fingerprint density at radius 1 is 1.18 bits per heavy atom. The van der Waals surface area contributed by atoms with E-state index in [-0.39, 0.29) is 6.61 Å². The van der Waals surface area contributed by atoms with E-state index in [1.165, 1.54) is 0 Å². The van der Waals surface area contributed by atoms with Gasteiger partial charge in [0.15, 0.2) is 6.61 Å². The van der Waals surface area contributed by atoms with E-state index in [0.29, 0.717) is 11.8 Å². The lowest BCUT2D eigenvalue weighted by molar-refractivity contribution is -0.139. The summed E-state index contributed by atoms with van der Waals surface area (Å²) in [6.45, 7) is 8.02. The summed E-state index contributed by atoms with van der Waals surface area (Å²) in [5.74, 6) is 0.424. The summed E-state index contributed by atoms with van der Waals surface area (Å²) in [6.07, 6.45) is 0. The number of hydrogen-bond acceptors (Lipinski definition) is 2. The molecule has 0 aromatic heterocycles. The third-order valence-electron chi connectivity index (χ3n) is 2.66. The molecule has 0 spiro atoms. The first-order valence-corrected chi connectivity index (χ1v) is 5.90. The fourth-order valence-electron chi connectivity index (χ4n) is 1.78. The van der Waals surface area contributed by atoms with Gasteiger partial charge in [-0.05, 0) is 23.0 Å². The lowest BCUT2D eigenvalue weighted by atomic mass is 9.94. The molecule has 0 aliphatic carbocycles. The van der Waals surface area contributed by atoms with E-state index < -0.39 is 5.97 Å². The van der Waals surface area contributed by atoms with Crippen LogP contribution in [0, 0.1) is 0 Å². The van der Waals surface area contributed by atoms with Gasteiger partial charge in [0, 0.05) is 0 Å². The van der Waals surface area contributed by atoms with Crippen LogP contribution in [0.5, 0.6) is 5.75 Å². The zero-order valence-corrected chi connectivity index (χ0v) is 10.9. The molecule has 1 rings (SSSR count). The molecule has 0 atom stereocenters. The Bertz CT molecular complexity index is 368. The maximum Gasteiger partial charge on any atom is 0.341 e. The predicted molar refractivity (Wildman–Crippen MR) is 67.8 cm³/mol. The minimum Gasteiger partial charge on any atom is -0.481 e. The maximum absolute atomic E-state index is 10.6. The monoisotopic (exact) mass is 236 g/mol. The van der Waals surface area contributed by atoms with Gasteiger partial charge in [-0.25, -0.2) is 4.79 Å². The minimum absolute atomic E-state index is 0.288. The summed E-state index contributed by atoms with van der Waals surface area (Å²) in [7, 11) is 0. The third kappa shape index (κ3) is 3.48. The molecular weight excluding hydrogens is 216 g/mol. The highest BCUT2D eigenvalue weighted by molar-refractivity contribution is 5.68. The lowest BCUT2D eigenvalue weighted by Gasteiger charge is -2.19. The Kier molecular flexibility index (Phi) is 4.55. The lowest BCUT2D eigenvalue weighted by Crippen LogP contribution is -2.12. The van der Waals surface area contributed by atoms with Gasteiger partial charge < -0.3 is 9.84 Å². The quantitative estimate of drug-likeness (QED) is 0.852. The van der Waals surface area contributed by atoms with Crippen LogP contribution in [-0.2, 0) is 4.79 Å². The van der Waals surface area contributed by atoms with E-state index >= 15 is 0 Å². The number of rotatable bonds is 5. The van der Waals surface area contributed by atoms with Crippen LogP contribution >= 0.6 is 0 Å². The SMILES string of the molecule is CC(C)c1cccc(C(C)C)c1OCC(=O)O. The van der Waals surface area contributed by atoms with Crippen molar-refractivity contribution in [2.24, 2.45) is 0 Å². The highest BCUT2D eigenvalue weighted by Gasteiger charge is 2.15. The Morgan fingerprint density at radius 2 is 1.65 bits per heavy atom. The Balaban J connectivity index is 3.14. The fourth-order valence-corrected chi connectivity index (χ4v) is 1.78. The molecule has 0 aliphatic heterocycles. The number of carboxylic acid groups (broad SMARTS) is 1. The van der Waals surface area contributed by atoms with Crippen LogP contribution < -0.4 is 4.74 Å². The second-order valence-corrected chi connectivity index (χ2v) is 4.76. The van der Waals surface area contributed by atoms with Crippen molar-refractivity contribution in [3.63, 3.8) is 0 Å². The van der Waals surface area contributed by atoms with Crippen molar-refractivity contribution in [2.75, 3.05) is 6.61 Å². The van der Waals surface area contributed by atoms with Crippen LogP contribution in [0.15, 0.2) is 18.2 Å². The van der Waals surface area contributed by atoms with Crippen LogP contribution in [-0.4, -0.2) is 17.7 Å². The van der Waals surface area contributed by atoms with Gasteiger partial charge in [-0.1, -0.05) is 45.9 Å². The number of hydrogen-bond donors (Lipinski definition) is 1. The largest absolute Gasteiger partial charge is 0.481 e.